The fourth-order valence-electron chi connectivity index (χ4n) is 2.18. The van der Waals surface area contributed by atoms with Gasteiger partial charge in [0.05, 0.1) is 28.9 Å². The highest BCUT2D eigenvalue weighted by Gasteiger charge is 2.11. The highest BCUT2D eigenvalue weighted by atomic mass is 35.5. The Labute approximate surface area is 156 Å². The summed E-state index contributed by atoms with van der Waals surface area (Å²) in [6.45, 7) is 1.36. The van der Waals surface area contributed by atoms with Crippen molar-refractivity contribution < 1.29 is 13.9 Å². The van der Waals surface area contributed by atoms with Crippen molar-refractivity contribution in [3.8, 4) is 5.75 Å². The Kier molecular flexibility index (Phi) is 7.50. The van der Waals surface area contributed by atoms with Crippen LogP contribution in [0.15, 0.2) is 42.5 Å². The van der Waals surface area contributed by atoms with Crippen LogP contribution in [0, 0.1) is 5.82 Å². The molecule has 0 aliphatic rings. The van der Waals surface area contributed by atoms with Crippen LogP contribution in [0.2, 0.25) is 10.0 Å². The quantitative estimate of drug-likeness (QED) is 0.682. The van der Waals surface area contributed by atoms with Gasteiger partial charge in [-0.05, 0) is 49.9 Å². The summed E-state index contributed by atoms with van der Waals surface area (Å²) in [7, 11) is 1.84. The second-order valence-corrected chi connectivity index (χ2v) is 6.35. The molecular formula is C18H19Cl2FN2O2. The molecule has 0 bridgehead atoms. The average Bonchev–Trinajstić information content (AvgIpc) is 2.57. The molecule has 0 saturated heterocycles. The Balaban J connectivity index is 1.70. The van der Waals surface area contributed by atoms with Crippen molar-refractivity contribution in [1.82, 2.24) is 4.90 Å². The Hall–Kier alpha value is -1.82. The largest absolute Gasteiger partial charge is 0.494 e. The fourth-order valence-corrected chi connectivity index (χ4v) is 2.67. The summed E-state index contributed by atoms with van der Waals surface area (Å²) in [5.74, 6) is 0.129. The molecule has 0 spiro atoms. The lowest BCUT2D eigenvalue weighted by Crippen LogP contribution is -2.31. The van der Waals surface area contributed by atoms with Gasteiger partial charge in [0.1, 0.15) is 11.6 Å². The maximum Gasteiger partial charge on any atom is 0.238 e. The first-order valence-electron chi connectivity index (χ1n) is 7.76. The first kappa shape index (κ1) is 19.5. The molecule has 0 aromatic heterocycles. The van der Waals surface area contributed by atoms with E-state index >= 15 is 0 Å². The Morgan fingerprint density at radius 2 is 1.80 bits per heavy atom. The van der Waals surface area contributed by atoms with Crippen LogP contribution < -0.4 is 10.1 Å². The molecular weight excluding hydrogens is 366 g/mol. The Morgan fingerprint density at radius 3 is 2.44 bits per heavy atom. The number of amides is 1. The SMILES string of the molecule is CN(CCCOc1ccc(F)cc1)CC(=O)Nc1c(Cl)cccc1Cl. The van der Waals surface area contributed by atoms with Gasteiger partial charge < -0.3 is 10.1 Å². The predicted octanol–water partition coefficient (Wildman–Crippen LogP) is 4.47. The minimum Gasteiger partial charge on any atom is -0.494 e. The van der Waals surface area contributed by atoms with Crippen molar-refractivity contribution in [1.29, 1.82) is 0 Å². The standard InChI is InChI=1S/C18H19Cl2FN2O2/c1-23(10-3-11-25-14-8-6-13(21)7-9-14)12-17(24)22-18-15(19)4-2-5-16(18)20/h2,4-9H,3,10-12H2,1H3,(H,22,24). The van der Waals surface area contributed by atoms with Crippen LogP contribution in [0.1, 0.15) is 6.42 Å². The number of carbonyl (C=O) groups is 1. The summed E-state index contributed by atoms with van der Waals surface area (Å²) in [5, 5.41) is 3.52. The van der Waals surface area contributed by atoms with E-state index in [1.807, 2.05) is 11.9 Å². The van der Waals surface area contributed by atoms with Crippen molar-refractivity contribution in [2.45, 2.75) is 6.42 Å². The van der Waals surface area contributed by atoms with Gasteiger partial charge in [-0.25, -0.2) is 4.39 Å². The van der Waals surface area contributed by atoms with E-state index in [1.54, 1.807) is 30.3 Å². The molecule has 0 heterocycles. The highest BCUT2D eigenvalue weighted by Crippen LogP contribution is 2.29. The van der Waals surface area contributed by atoms with Gasteiger partial charge >= 0.3 is 0 Å². The molecule has 0 radical (unpaired) electrons. The zero-order chi connectivity index (χ0) is 18.2. The number of anilines is 1. The minimum absolute atomic E-state index is 0.197. The zero-order valence-electron chi connectivity index (χ0n) is 13.8. The number of nitrogens with zero attached hydrogens (tertiary/aromatic N) is 1. The topological polar surface area (TPSA) is 41.6 Å². The maximum absolute atomic E-state index is 12.8. The summed E-state index contributed by atoms with van der Waals surface area (Å²) in [6.07, 6.45) is 0.730. The molecule has 2 aromatic rings. The smallest absolute Gasteiger partial charge is 0.238 e. The molecule has 0 aliphatic heterocycles. The number of carbonyl (C=O) groups excluding carboxylic acids is 1. The monoisotopic (exact) mass is 384 g/mol. The van der Waals surface area contributed by atoms with Crippen molar-refractivity contribution >= 4 is 34.8 Å². The number of para-hydroxylation sites is 1. The first-order valence-corrected chi connectivity index (χ1v) is 8.52. The lowest BCUT2D eigenvalue weighted by molar-refractivity contribution is -0.117. The number of benzene rings is 2. The Bertz CT molecular complexity index is 690. The molecule has 1 amide bonds. The van der Waals surface area contributed by atoms with Gasteiger partial charge in [0, 0.05) is 6.54 Å². The molecule has 0 unspecified atom stereocenters. The van der Waals surface area contributed by atoms with Gasteiger partial charge in [0.15, 0.2) is 0 Å². The summed E-state index contributed by atoms with van der Waals surface area (Å²) in [5.41, 5.74) is 0.420. The fraction of sp³-hybridized carbons (Fsp3) is 0.278. The minimum atomic E-state index is -0.295. The highest BCUT2D eigenvalue weighted by molar-refractivity contribution is 6.39. The second-order valence-electron chi connectivity index (χ2n) is 5.54. The van der Waals surface area contributed by atoms with E-state index in [0.717, 1.165) is 6.42 Å². The summed E-state index contributed by atoms with van der Waals surface area (Å²) < 4.78 is 18.3. The van der Waals surface area contributed by atoms with E-state index in [2.05, 4.69) is 5.32 Å². The number of ether oxygens (including phenoxy) is 1. The van der Waals surface area contributed by atoms with Crippen LogP contribution in [0.5, 0.6) is 5.75 Å². The van der Waals surface area contributed by atoms with Crippen LogP contribution in [0.4, 0.5) is 10.1 Å². The van der Waals surface area contributed by atoms with Crippen molar-refractivity contribution in [3.05, 3.63) is 58.3 Å². The van der Waals surface area contributed by atoms with Gasteiger partial charge in [-0.1, -0.05) is 29.3 Å². The van der Waals surface area contributed by atoms with E-state index < -0.39 is 0 Å². The van der Waals surface area contributed by atoms with Gasteiger partial charge in [-0.2, -0.15) is 0 Å². The molecule has 1 N–H and O–H groups in total. The molecule has 4 nitrogen and oxygen atoms in total. The zero-order valence-corrected chi connectivity index (χ0v) is 15.3. The number of hydrogen-bond donors (Lipinski definition) is 1. The summed E-state index contributed by atoms with van der Waals surface area (Å²) in [4.78, 5) is 13.9. The van der Waals surface area contributed by atoms with Crippen LogP contribution in [0.25, 0.3) is 0 Å². The first-order chi connectivity index (χ1) is 12.0. The summed E-state index contributed by atoms with van der Waals surface area (Å²) >= 11 is 12.1. The number of nitrogens with one attached hydrogen (secondary N) is 1. The molecule has 0 fully saturated rings. The molecule has 2 aromatic carbocycles. The third-order valence-corrected chi connectivity index (χ3v) is 4.04. The second kappa shape index (κ2) is 9.61. The number of rotatable bonds is 8. The van der Waals surface area contributed by atoms with Crippen LogP contribution in [-0.4, -0.2) is 37.6 Å². The lowest BCUT2D eigenvalue weighted by Gasteiger charge is -2.17. The summed E-state index contributed by atoms with van der Waals surface area (Å²) in [6, 6.07) is 10.9. The molecule has 7 heteroatoms. The third-order valence-electron chi connectivity index (χ3n) is 3.41. The van der Waals surface area contributed by atoms with Gasteiger partial charge in [-0.15, -0.1) is 0 Å². The van der Waals surface area contributed by atoms with E-state index in [0.29, 0.717) is 34.6 Å². The number of halogens is 3. The normalized spacial score (nSPS) is 10.8. The molecule has 25 heavy (non-hydrogen) atoms. The van der Waals surface area contributed by atoms with Crippen LogP contribution >= 0.6 is 23.2 Å². The average molecular weight is 385 g/mol. The number of hydrogen-bond acceptors (Lipinski definition) is 3. The van der Waals surface area contributed by atoms with E-state index in [4.69, 9.17) is 27.9 Å². The molecule has 0 saturated carbocycles. The van der Waals surface area contributed by atoms with Gasteiger partial charge in [0.25, 0.3) is 0 Å². The molecule has 134 valence electrons. The third kappa shape index (κ3) is 6.53. The van der Waals surface area contributed by atoms with Crippen LogP contribution in [-0.2, 0) is 4.79 Å². The molecule has 0 atom stereocenters. The molecule has 2 rings (SSSR count). The van der Waals surface area contributed by atoms with Gasteiger partial charge in [0.2, 0.25) is 5.91 Å². The Morgan fingerprint density at radius 1 is 1.16 bits per heavy atom. The maximum atomic E-state index is 12.8. The lowest BCUT2D eigenvalue weighted by atomic mass is 10.3. The van der Waals surface area contributed by atoms with Crippen LogP contribution in [0.3, 0.4) is 0 Å². The molecule has 0 aliphatic carbocycles. The van der Waals surface area contributed by atoms with Crippen molar-refractivity contribution in [2.24, 2.45) is 0 Å². The van der Waals surface area contributed by atoms with Crippen molar-refractivity contribution in [2.75, 3.05) is 32.1 Å². The van der Waals surface area contributed by atoms with Crippen molar-refractivity contribution in [3.63, 3.8) is 0 Å². The predicted molar refractivity (Wildman–Crippen MR) is 99.1 cm³/mol. The van der Waals surface area contributed by atoms with E-state index in [1.165, 1.54) is 12.1 Å². The van der Waals surface area contributed by atoms with E-state index in [9.17, 15) is 9.18 Å². The van der Waals surface area contributed by atoms with Gasteiger partial charge in [-0.3, -0.25) is 9.69 Å². The van der Waals surface area contributed by atoms with E-state index in [-0.39, 0.29) is 18.3 Å². The number of likely N-dealkylation sites (N-methyl/N-ethyl adjacent to an activating group) is 1.